The van der Waals surface area contributed by atoms with Gasteiger partial charge in [-0.25, -0.2) is 0 Å². The Morgan fingerprint density at radius 3 is 2.87 bits per heavy atom. The molecule has 0 amide bonds. The van der Waals surface area contributed by atoms with E-state index in [-0.39, 0.29) is 24.1 Å². The first-order chi connectivity index (χ1) is 14.7. The van der Waals surface area contributed by atoms with Gasteiger partial charge in [0.25, 0.3) is 0 Å². The summed E-state index contributed by atoms with van der Waals surface area (Å²) in [6.07, 6.45) is 2.85. The molecule has 0 bridgehead atoms. The van der Waals surface area contributed by atoms with Gasteiger partial charge >= 0.3 is 12.1 Å². The Bertz CT molecular complexity index is 1050. The fraction of sp³-hybridized carbons (Fsp3) is 0.227. The monoisotopic (exact) mass is 432 g/mol. The van der Waals surface area contributed by atoms with Crippen LogP contribution in [0, 0.1) is 0 Å². The summed E-state index contributed by atoms with van der Waals surface area (Å²) in [6, 6.07) is 6.00. The molecule has 0 spiro atoms. The lowest BCUT2D eigenvalue weighted by Crippen LogP contribution is -2.34. The first-order valence-electron chi connectivity index (χ1n) is 9.50. The van der Waals surface area contributed by atoms with Crippen LogP contribution in [-0.2, 0) is 16.0 Å². The molecular formula is C22H19F3N2O4. The van der Waals surface area contributed by atoms with E-state index in [1.165, 1.54) is 24.3 Å². The van der Waals surface area contributed by atoms with Crippen molar-refractivity contribution in [1.82, 2.24) is 10.2 Å². The molecule has 2 heterocycles. The third-order valence-electron chi connectivity index (χ3n) is 4.87. The average Bonchev–Trinajstić information content (AvgIpc) is 3.26. The molecule has 0 aromatic heterocycles. The van der Waals surface area contributed by atoms with Gasteiger partial charge in [0, 0.05) is 12.3 Å². The first kappa shape index (κ1) is 20.6. The molecule has 2 aliphatic heterocycles. The zero-order valence-electron chi connectivity index (χ0n) is 16.4. The lowest BCUT2D eigenvalue weighted by Gasteiger charge is -2.29. The maximum atomic E-state index is 13.6. The predicted molar refractivity (Wildman–Crippen MR) is 105 cm³/mol. The molecule has 3 aliphatic rings. The summed E-state index contributed by atoms with van der Waals surface area (Å²) < 4.78 is 52.2. The Morgan fingerprint density at radius 2 is 2.13 bits per heavy atom. The van der Waals surface area contributed by atoms with E-state index < -0.39 is 23.8 Å². The lowest BCUT2D eigenvalue weighted by atomic mass is 10.1. The van der Waals surface area contributed by atoms with Crippen molar-refractivity contribution >= 4 is 5.97 Å². The summed E-state index contributed by atoms with van der Waals surface area (Å²) in [5, 5.41) is 12.0. The van der Waals surface area contributed by atoms with Crippen LogP contribution < -0.4 is 10.1 Å². The number of rotatable bonds is 6. The number of aliphatic carboxylic acids is 1. The highest BCUT2D eigenvalue weighted by atomic mass is 19.4. The topological polar surface area (TPSA) is 71.0 Å². The number of nitrogens with zero attached hydrogens (tertiary/aromatic N) is 1. The third-order valence-corrected chi connectivity index (χ3v) is 4.87. The van der Waals surface area contributed by atoms with Gasteiger partial charge in [0.2, 0.25) is 5.88 Å². The number of alkyl halides is 3. The molecule has 1 aliphatic carbocycles. The van der Waals surface area contributed by atoms with Crippen molar-refractivity contribution in [3.8, 4) is 5.75 Å². The van der Waals surface area contributed by atoms with Gasteiger partial charge in [0.15, 0.2) is 6.10 Å². The Morgan fingerprint density at radius 1 is 1.32 bits per heavy atom. The van der Waals surface area contributed by atoms with Crippen molar-refractivity contribution in [2.75, 3.05) is 0 Å². The molecule has 2 N–H and O–H groups in total. The second-order valence-corrected chi connectivity index (χ2v) is 7.17. The minimum absolute atomic E-state index is 0.0130. The largest absolute Gasteiger partial charge is 0.481 e. The molecule has 4 rings (SSSR count). The molecule has 0 radical (unpaired) electrons. The molecular weight excluding hydrogens is 413 g/mol. The van der Waals surface area contributed by atoms with Gasteiger partial charge in [-0.1, -0.05) is 18.2 Å². The highest BCUT2D eigenvalue weighted by molar-refractivity contribution is 5.70. The lowest BCUT2D eigenvalue weighted by molar-refractivity contribution is -0.136. The molecule has 2 unspecified atom stereocenters. The fourth-order valence-corrected chi connectivity index (χ4v) is 3.51. The molecule has 0 saturated carbocycles. The normalized spacial score (nSPS) is 22.1. The maximum absolute atomic E-state index is 13.6. The summed E-state index contributed by atoms with van der Waals surface area (Å²) in [5.74, 6) is -0.504. The van der Waals surface area contributed by atoms with Gasteiger partial charge in [-0.05, 0) is 42.8 Å². The highest BCUT2D eigenvalue weighted by Crippen LogP contribution is 2.38. The van der Waals surface area contributed by atoms with E-state index in [9.17, 15) is 18.0 Å². The Kier molecular flexibility index (Phi) is 5.26. The predicted octanol–water partition coefficient (Wildman–Crippen LogP) is 3.97. The summed E-state index contributed by atoms with van der Waals surface area (Å²) >= 11 is 0. The number of halogens is 3. The van der Waals surface area contributed by atoms with Gasteiger partial charge < -0.3 is 19.9 Å². The van der Waals surface area contributed by atoms with Crippen molar-refractivity contribution < 1.29 is 32.5 Å². The molecule has 1 aromatic rings. The highest BCUT2D eigenvalue weighted by Gasteiger charge is 2.43. The quantitative estimate of drug-likeness (QED) is 0.709. The van der Waals surface area contributed by atoms with E-state index >= 15 is 0 Å². The van der Waals surface area contributed by atoms with Crippen LogP contribution in [0.5, 0.6) is 5.75 Å². The number of fused-ring (bicyclic) bond motifs is 1. The molecule has 0 fully saturated rings. The molecule has 31 heavy (non-hydrogen) atoms. The van der Waals surface area contributed by atoms with Crippen LogP contribution in [-0.4, -0.2) is 34.4 Å². The van der Waals surface area contributed by atoms with Crippen LogP contribution in [0.1, 0.15) is 12.5 Å². The Balaban J connectivity index is 1.56. The van der Waals surface area contributed by atoms with Crippen LogP contribution in [0.15, 0.2) is 83.8 Å². The molecule has 6 nitrogen and oxygen atoms in total. The zero-order chi connectivity index (χ0) is 22.2. The number of carbonyl (C=O) groups is 1. The van der Waals surface area contributed by atoms with Crippen LogP contribution in [0.3, 0.4) is 0 Å². The van der Waals surface area contributed by atoms with Gasteiger partial charge in [0.1, 0.15) is 17.7 Å². The van der Waals surface area contributed by atoms with E-state index in [2.05, 4.69) is 5.32 Å². The SMILES string of the molecule is CC1NC=C2C=CC=C(OC3=CC(Oc4cccc(CC(=O)O)c4)C(C(F)(F)F)=C3)N21. The number of carboxylic acid groups (broad SMARTS) is 1. The first-order valence-corrected chi connectivity index (χ1v) is 9.50. The number of nitrogens with one attached hydrogen (secondary N) is 1. The molecule has 1 aromatic carbocycles. The van der Waals surface area contributed by atoms with Gasteiger partial charge in [-0.2, -0.15) is 13.2 Å². The number of carboxylic acids is 1. The molecule has 2 atom stereocenters. The summed E-state index contributed by atoms with van der Waals surface area (Å²) in [7, 11) is 0. The number of allylic oxidation sites excluding steroid dienone is 4. The Labute approximate surface area is 176 Å². The molecule has 0 saturated heterocycles. The standard InChI is InChI=1S/C22H19F3N2O4/c1-13-26-12-15-5-3-7-20(27(13)15)31-17-10-18(22(23,24)25)19(11-17)30-16-6-2-4-14(8-16)9-21(28)29/h2-8,10-13,19,26H,9H2,1H3,(H,28,29). The van der Waals surface area contributed by atoms with Crippen LogP contribution in [0.4, 0.5) is 13.2 Å². The van der Waals surface area contributed by atoms with Crippen LogP contribution >= 0.6 is 0 Å². The number of ether oxygens (including phenoxy) is 2. The minimum atomic E-state index is -4.63. The maximum Gasteiger partial charge on any atom is 0.416 e. The summed E-state index contributed by atoms with van der Waals surface area (Å²) in [4.78, 5) is 12.7. The van der Waals surface area contributed by atoms with Gasteiger partial charge in [0.05, 0.1) is 17.7 Å². The second kappa shape index (κ2) is 7.90. The average molecular weight is 432 g/mol. The van der Waals surface area contributed by atoms with Crippen LogP contribution in [0.2, 0.25) is 0 Å². The summed E-state index contributed by atoms with van der Waals surface area (Å²) in [6.45, 7) is 1.90. The van der Waals surface area contributed by atoms with E-state index in [1.54, 1.807) is 24.4 Å². The Hall–Kier alpha value is -3.62. The number of hydrogen-bond acceptors (Lipinski definition) is 5. The van der Waals surface area contributed by atoms with Crippen molar-refractivity contribution in [2.24, 2.45) is 0 Å². The van der Waals surface area contributed by atoms with Crippen molar-refractivity contribution in [3.05, 3.63) is 89.3 Å². The van der Waals surface area contributed by atoms with Crippen LogP contribution in [0.25, 0.3) is 0 Å². The number of hydrogen-bond donors (Lipinski definition) is 2. The summed E-state index contributed by atoms with van der Waals surface area (Å²) in [5.41, 5.74) is 0.364. The number of benzene rings is 1. The van der Waals surface area contributed by atoms with Crippen molar-refractivity contribution in [2.45, 2.75) is 31.8 Å². The fourth-order valence-electron chi connectivity index (χ4n) is 3.51. The zero-order valence-corrected chi connectivity index (χ0v) is 16.4. The third kappa shape index (κ3) is 4.45. The minimum Gasteiger partial charge on any atom is -0.481 e. The smallest absolute Gasteiger partial charge is 0.416 e. The van der Waals surface area contributed by atoms with Crippen molar-refractivity contribution in [3.63, 3.8) is 0 Å². The second-order valence-electron chi connectivity index (χ2n) is 7.17. The van der Waals surface area contributed by atoms with E-state index in [1.807, 2.05) is 17.9 Å². The van der Waals surface area contributed by atoms with Gasteiger partial charge in [-0.3, -0.25) is 9.69 Å². The molecule has 9 heteroatoms. The van der Waals surface area contributed by atoms with E-state index in [0.717, 1.165) is 11.8 Å². The molecule has 162 valence electrons. The van der Waals surface area contributed by atoms with E-state index in [0.29, 0.717) is 11.4 Å². The van der Waals surface area contributed by atoms with Gasteiger partial charge in [-0.15, -0.1) is 0 Å². The van der Waals surface area contributed by atoms with E-state index in [4.69, 9.17) is 14.6 Å². The van der Waals surface area contributed by atoms with Crippen molar-refractivity contribution in [1.29, 1.82) is 0 Å².